The van der Waals surface area contributed by atoms with Crippen LogP contribution in [-0.2, 0) is 11.8 Å². The maximum absolute atomic E-state index is 14.0. The lowest BCUT2D eigenvalue weighted by Gasteiger charge is -2.38. The summed E-state index contributed by atoms with van der Waals surface area (Å²) < 4.78 is 47.3. The number of nitrogens with one attached hydrogen (secondary N) is 1. The van der Waals surface area contributed by atoms with Crippen LogP contribution in [0, 0.1) is 6.92 Å². The Morgan fingerprint density at radius 1 is 1.03 bits per heavy atom. The second-order valence-corrected chi connectivity index (χ2v) is 8.33. The molecule has 0 aliphatic heterocycles. The number of aromatic amines is 1. The van der Waals surface area contributed by atoms with Gasteiger partial charge in [0.25, 0.3) is 0 Å². The van der Waals surface area contributed by atoms with Crippen molar-refractivity contribution in [2.75, 3.05) is 7.11 Å². The molecule has 1 atom stereocenters. The van der Waals surface area contributed by atoms with Crippen LogP contribution in [0.5, 0.6) is 5.75 Å². The maximum Gasteiger partial charge on any atom is 0.417 e. The van der Waals surface area contributed by atoms with Gasteiger partial charge in [-0.1, -0.05) is 38.1 Å². The van der Waals surface area contributed by atoms with Gasteiger partial charge in [-0.25, -0.2) is 0 Å². The molecule has 6 heteroatoms. The first-order valence-corrected chi connectivity index (χ1v) is 9.46. The quantitative estimate of drug-likeness (QED) is 0.553. The summed E-state index contributed by atoms with van der Waals surface area (Å²) in [6.45, 7) is 5.31. The highest BCUT2D eigenvalue weighted by molar-refractivity contribution is 5.83. The van der Waals surface area contributed by atoms with Crippen LogP contribution in [0.1, 0.15) is 37.1 Å². The lowest BCUT2D eigenvalue weighted by Crippen LogP contribution is -2.50. The molecule has 0 radical (unpaired) electrons. The molecule has 3 aromatic rings. The molecule has 0 amide bonds. The van der Waals surface area contributed by atoms with E-state index < -0.39 is 30.0 Å². The summed E-state index contributed by atoms with van der Waals surface area (Å²) in [6.07, 6.45) is -5.81. The van der Waals surface area contributed by atoms with Gasteiger partial charge < -0.3 is 14.8 Å². The van der Waals surface area contributed by atoms with Crippen LogP contribution in [0.25, 0.3) is 10.9 Å². The van der Waals surface area contributed by atoms with Crippen LogP contribution in [0.15, 0.2) is 48.5 Å². The van der Waals surface area contributed by atoms with Crippen molar-refractivity contribution >= 4 is 10.9 Å². The van der Waals surface area contributed by atoms with Crippen LogP contribution < -0.4 is 4.74 Å². The van der Waals surface area contributed by atoms with E-state index in [0.29, 0.717) is 17.0 Å². The SMILES string of the molecule is COc1cccc(C(C)(C)CC(O)(Cc2cc3c(C)cccc3[nH]2)C(F)(F)F)c1. The number of benzene rings is 2. The number of ether oxygens (including phenoxy) is 1. The molecule has 2 N–H and O–H groups in total. The molecule has 156 valence electrons. The minimum atomic E-state index is -4.78. The van der Waals surface area contributed by atoms with Gasteiger partial charge in [-0.3, -0.25) is 0 Å². The van der Waals surface area contributed by atoms with Crippen molar-refractivity contribution in [2.24, 2.45) is 0 Å². The smallest absolute Gasteiger partial charge is 0.417 e. The highest BCUT2D eigenvalue weighted by Crippen LogP contribution is 2.43. The molecule has 0 aliphatic rings. The molecule has 1 heterocycles. The summed E-state index contributed by atoms with van der Waals surface area (Å²) in [5.41, 5.74) is -1.05. The van der Waals surface area contributed by atoms with Crippen molar-refractivity contribution in [2.45, 2.75) is 50.8 Å². The molecular weight excluding hydrogens is 379 g/mol. The Hall–Kier alpha value is -2.47. The van der Waals surface area contributed by atoms with Gasteiger partial charge in [0.1, 0.15) is 5.75 Å². The molecule has 0 saturated heterocycles. The third-order valence-corrected chi connectivity index (χ3v) is 5.53. The molecule has 2 aromatic carbocycles. The Labute approximate surface area is 168 Å². The molecule has 1 unspecified atom stereocenters. The van der Waals surface area contributed by atoms with E-state index in [1.165, 1.54) is 7.11 Å². The van der Waals surface area contributed by atoms with Crippen molar-refractivity contribution in [1.29, 1.82) is 0 Å². The Balaban J connectivity index is 1.96. The van der Waals surface area contributed by atoms with E-state index in [1.807, 2.05) is 25.1 Å². The van der Waals surface area contributed by atoms with Gasteiger partial charge in [-0.2, -0.15) is 13.2 Å². The second kappa shape index (κ2) is 7.41. The van der Waals surface area contributed by atoms with Crippen LogP contribution in [0.3, 0.4) is 0 Å². The van der Waals surface area contributed by atoms with Crippen LogP contribution >= 0.6 is 0 Å². The maximum atomic E-state index is 14.0. The zero-order chi connectivity index (χ0) is 21.4. The number of alkyl halides is 3. The Kier molecular flexibility index (Phi) is 5.43. The first kappa shape index (κ1) is 21.2. The standard InChI is InChI=1S/C23H26F3NO2/c1-15-7-5-10-20-19(15)12-17(27-20)13-22(28,23(24,25)26)14-21(2,3)16-8-6-9-18(11-16)29-4/h5-12,27-28H,13-14H2,1-4H3. The number of halogens is 3. The lowest BCUT2D eigenvalue weighted by molar-refractivity contribution is -0.266. The number of rotatable bonds is 6. The summed E-state index contributed by atoms with van der Waals surface area (Å²) in [4.78, 5) is 3.03. The normalized spacial score (nSPS) is 14.8. The van der Waals surface area contributed by atoms with Gasteiger partial charge in [0.2, 0.25) is 0 Å². The topological polar surface area (TPSA) is 45.2 Å². The van der Waals surface area contributed by atoms with Crippen LogP contribution in [0.4, 0.5) is 13.2 Å². The van der Waals surface area contributed by atoms with E-state index in [2.05, 4.69) is 4.98 Å². The van der Waals surface area contributed by atoms with E-state index in [1.54, 1.807) is 44.2 Å². The van der Waals surface area contributed by atoms with Gasteiger partial charge in [-0.15, -0.1) is 0 Å². The van der Waals surface area contributed by atoms with E-state index in [4.69, 9.17) is 4.74 Å². The third kappa shape index (κ3) is 4.27. The van der Waals surface area contributed by atoms with Crippen LogP contribution in [0.2, 0.25) is 0 Å². The fourth-order valence-corrected chi connectivity index (χ4v) is 3.91. The number of hydrogen-bond donors (Lipinski definition) is 2. The summed E-state index contributed by atoms with van der Waals surface area (Å²) in [5.74, 6) is 0.567. The van der Waals surface area contributed by atoms with Gasteiger partial charge >= 0.3 is 6.18 Å². The van der Waals surface area contributed by atoms with E-state index in [9.17, 15) is 18.3 Å². The molecule has 29 heavy (non-hydrogen) atoms. The summed E-state index contributed by atoms with van der Waals surface area (Å²) in [5, 5.41) is 11.7. The third-order valence-electron chi connectivity index (χ3n) is 5.53. The van der Waals surface area contributed by atoms with Gasteiger partial charge in [0.05, 0.1) is 7.11 Å². The Morgan fingerprint density at radius 2 is 1.72 bits per heavy atom. The molecule has 0 spiro atoms. The predicted octanol–water partition coefficient (Wildman–Crippen LogP) is 5.69. The molecule has 1 aromatic heterocycles. The summed E-state index contributed by atoms with van der Waals surface area (Å²) >= 11 is 0. The first-order chi connectivity index (χ1) is 13.4. The van der Waals surface area contributed by atoms with Crippen molar-refractivity contribution in [3.8, 4) is 5.75 Å². The number of fused-ring (bicyclic) bond motifs is 1. The number of aliphatic hydroxyl groups is 1. The second-order valence-electron chi connectivity index (χ2n) is 8.33. The largest absolute Gasteiger partial charge is 0.497 e. The fourth-order valence-electron chi connectivity index (χ4n) is 3.91. The fraction of sp³-hybridized carbons (Fsp3) is 0.391. The van der Waals surface area contributed by atoms with Gasteiger partial charge in [0.15, 0.2) is 5.60 Å². The molecular formula is C23H26F3NO2. The number of H-pyrrole nitrogens is 1. The molecule has 3 nitrogen and oxygen atoms in total. The summed E-state index contributed by atoms with van der Waals surface area (Å²) in [6, 6.07) is 14.2. The molecule has 0 saturated carbocycles. The van der Waals surface area contributed by atoms with Crippen LogP contribution in [-0.4, -0.2) is 29.0 Å². The average Bonchev–Trinajstić information content (AvgIpc) is 3.04. The lowest BCUT2D eigenvalue weighted by atomic mass is 9.73. The highest BCUT2D eigenvalue weighted by atomic mass is 19.4. The van der Waals surface area contributed by atoms with Gasteiger partial charge in [0, 0.05) is 23.0 Å². The van der Waals surface area contributed by atoms with Crippen molar-refractivity contribution < 1.29 is 23.0 Å². The van der Waals surface area contributed by atoms with E-state index >= 15 is 0 Å². The van der Waals surface area contributed by atoms with Crippen molar-refractivity contribution in [3.05, 3.63) is 65.4 Å². The molecule has 0 aliphatic carbocycles. The Bertz CT molecular complexity index is 1010. The van der Waals surface area contributed by atoms with Gasteiger partial charge in [-0.05, 0) is 54.2 Å². The highest BCUT2D eigenvalue weighted by Gasteiger charge is 2.56. The Morgan fingerprint density at radius 3 is 2.34 bits per heavy atom. The minimum Gasteiger partial charge on any atom is -0.497 e. The number of aromatic nitrogens is 1. The molecule has 3 rings (SSSR count). The molecule has 0 bridgehead atoms. The number of aryl methyl sites for hydroxylation is 1. The average molecular weight is 405 g/mol. The number of methoxy groups -OCH3 is 1. The first-order valence-electron chi connectivity index (χ1n) is 9.46. The summed E-state index contributed by atoms with van der Waals surface area (Å²) in [7, 11) is 1.51. The monoisotopic (exact) mass is 405 g/mol. The minimum absolute atomic E-state index is 0.357. The zero-order valence-electron chi connectivity index (χ0n) is 17.0. The number of hydrogen-bond acceptors (Lipinski definition) is 2. The van der Waals surface area contributed by atoms with E-state index in [0.717, 1.165) is 16.5 Å². The predicted molar refractivity (Wildman–Crippen MR) is 108 cm³/mol. The van der Waals surface area contributed by atoms with Crippen molar-refractivity contribution in [3.63, 3.8) is 0 Å². The van der Waals surface area contributed by atoms with E-state index in [-0.39, 0.29) is 0 Å². The zero-order valence-corrected chi connectivity index (χ0v) is 17.0. The van der Waals surface area contributed by atoms with Crippen molar-refractivity contribution in [1.82, 2.24) is 4.98 Å². The molecule has 0 fully saturated rings.